The topological polar surface area (TPSA) is 83.1 Å². The number of benzene rings is 1. The number of aliphatic hydroxyl groups is 1. The van der Waals surface area contributed by atoms with Crippen LogP contribution in [0.15, 0.2) is 55.0 Å². The van der Waals surface area contributed by atoms with Crippen LogP contribution in [0.1, 0.15) is 17.2 Å². The summed E-state index contributed by atoms with van der Waals surface area (Å²) in [6.07, 6.45) is 4.59. The molecule has 0 saturated heterocycles. The van der Waals surface area contributed by atoms with Gasteiger partial charge < -0.3 is 15.2 Å². The molecule has 2 heterocycles. The van der Waals surface area contributed by atoms with E-state index in [-0.39, 0.29) is 0 Å². The van der Waals surface area contributed by atoms with Crippen molar-refractivity contribution in [2.24, 2.45) is 0 Å². The van der Waals surface area contributed by atoms with Crippen molar-refractivity contribution in [2.45, 2.75) is 12.6 Å². The number of pyridine rings is 1. The fourth-order valence-corrected chi connectivity index (χ4v) is 2.50. The number of aliphatic hydroxyl groups excluding tert-OH is 1. The van der Waals surface area contributed by atoms with Gasteiger partial charge in [-0.1, -0.05) is 0 Å². The van der Waals surface area contributed by atoms with Crippen molar-refractivity contribution >= 4 is 0 Å². The zero-order valence-corrected chi connectivity index (χ0v) is 13.4. The molecule has 0 aliphatic carbocycles. The van der Waals surface area contributed by atoms with E-state index in [0.717, 1.165) is 28.1 Å². The molecule has 2 aromatic heterocycles. The molecule has 0 spiro atoms. The van der Waals surface area contributed by atoms with Crippen LogP contribution in [0.2, 0.25) is 0 Å². The van der Waals surface area contributed by atoms with Crippen LogP contribution < -0.4 is 10.1 Å². The van der Waals surface area contributed by atoms with Crippen molar-refractivity contribution in [3.05, 3.63) is 66.1 Å². The maximum absolute atomic E-state index is 10.2. The molecule has 6 nitrogen and oxygen atoms in total. The lowest BCUT2D eigenvalue weighted by Gasteiger charge is -2.12. The zero-order valence-electron chi connectivity index (χ0n) is 13.4. The van der Waals surface area contributed by atoms with E-state index in [0.29, 0.717) is 13.1 Å². The highest BCUT2D eigenvalue weighted by molar-refractivity contribution is 5.63. The van der Waals surface area contributed by atoms with Gasteiger partial charge in [0.2, 0.25) is 0 Å². The van der Waals surface area contributed by atoms with Gasteiger partial charge in [0.05, 0.1) is 25.1 Å². The highest BCUT2D eigenvalue weighted by atomic mass is 16.5. The summed E-state index contributed by atoms with van der Waals surface area (Å²) < 4.78 is 5.18. The first-order chi connectivity index (χ1) is 11.8. The number of hydrogen-bond donors (Lipinski definition) is 3. The van der Waals surface area contributed by atoms with Gasteiger partial charge in [0.1, 0.15) is 5.75 Å². The third-order valence-electron chi connectivity index (χ3n) is 3.84. The Labute approximate surface area is 140 Å². The van der Waals surface area contributed by atoms with E-state index in [1.165, 1.54) is 0 Å². The van der Waals surface area contributed by atoms with E-state index in [9.17, 15) is 5.11 Å². The number of aromatic amines is 1. The fraction of sp³-hybridized carbons (Fsp3) is 0.222. The number of H-pyrrole nitrogens is 1. The van der Waals surface area contributed by atoms with Gasteiger partial charge in [0.15, 0.2) is 0 Å². The minimum absolute atomic E-state index is 0.456. The highest BCUT2D eigenvalue weighted by Crippen LogP contribution is 2.23. The maximum atomic E-state index is 10.2. The Balaban J connectivity index is 1.61. The Morgan fingerprint density at radius 1 is 1.17 bits per heavy atom. The molecule has 3 N–H and O–H groups in total. The summed E-state index contributed by atoms with van der Waals surface area (Å²) in [7, 11) is 1.65. The van der Waals surface area contributed by atoms with Crippen LogP contribution in [0.3, 0.4) is 0 Å². The van der Waals surface area contributed by atoms with Crippen LogP contribution >= 0.6 is 0 Å². The number of methoxy groups -OCH3 is 1. The van der Waals surface area contributed by atoms with Crippen LogP contribution in [0.5, 0.6) is 5.75 Å². The van der Waals surface area contributed by atoms with Gasteiger partial charge in [-0.15, -0.1) is 0 Å². The monoisotopic (exact) mass is 324 g/mol. The predicted molar refractivity (Wildman–Crippen MR) is 91.5 cm³/mol. The summed E-state index contributed by atoms with van der Waals surface area (Å²) in [6.45, 7) is 1.07. The molecular formula is C18H20N4O2. The molecule has 0 fully saturated rings. The first kappa shape index (κ1) is 16.2. The lowest BCUT2D eigenvalue weighted by atomic mass is 10.1. The lowest BCUT2D eigenvalue weighted by Crippen LogP contribution is -2.21. The minimum atomic E-state index is -0.565. The normalized spacial score (nSPS) is 12.1. The average Bonchev–Trinajstić information content (AvgIpc) is 3.11. The summed E-state index contributed by atoms with van der Waals surface area (Å²) in [5.74, 6) is 0.818. The zero-order chi connectivity index (χ0) is 16.8. The summed E-state index contributed by atoms with van der Waals surface area (Å²) in [5.41, 5.74) is 3.89. The average molecular weight is 324 g/mol. The Bertz CT molecular complexity index is 756. The number of nitrogens with one attached hydrogen (secondary N) is 2. The molecule has 24 heavy (non-hydrogen) atoms. The van der Waals surface area contributed by atoms with Gasteiger partial charge in [-0.05, 0) is 42.0 Å². The van der Waals surface area contributed by atoms with Gasteiger partial charge >= 0.3 is 0 Å². The molecule has 1 atom stereocenters. The second-order valence-electron chi connectivity index (χ2n) is 5.43. The predicted octanol–water partition coefficient (Wildman–Crippen LogP) is 2.30. The van der Waals surface area contributed by atoms with Crippen LogP contribution in [-0.4, -0.2) is 33.9 Å². The van der Waals surface area contributed by atoms with Crippen molar-refractivity contribution in [1.82, 2.24) is 20.5 Å². The third-order valence-corrected chi connectivity index (χ3v) is 3.84. The molecule has 1 aromatic carbocycles. The SMILES string of the molecule is COc1ccc(-c2[nH]ncc2CNCC(O)c2ccncc2)cc1. The van der Waals surface area contributed by atoms with Crippen molar-refractivity contribution in [1.29, 1.82) is 0 Å². The second kappa shape index (κ2) is 7.72. The molecule has 0 amide bonds. The first-order valence-corrected chi connectivity index (χ1v) is 7.73. The summed E-state index contributed by atoms with van der Waals surface area (Å²) in [4.78, 5) is 3.95. The molecule has 0 radical (unpaired) electrons. The van der Waals surface area contributed by atoms with Gasteiger partial charge in [-0.2, -0.15) is 5.10 Å². The minimum Gasteiger partial charge on any atom is -0.497 e. The van der Waals surface area contributed by atoms with E-state index in [1.54, 1.807) is 25.7 Å². The maximum Gasteiger partial charge on any atom is 0.118 e. The summed E-state index contributed by atoms with van der Waals surface area (Å²) in [6, 6.07) is 11.4. The van der Waals surface area contributed by atoms with Gasteiger partial charge in [0, 0.05) is 36.6 Å². The first-order valence-electron chi connectivity index (χ1n) is 7.73. The Morgan fingerprint density at radius 3 is 2.62 bits per heavy atom. The molecule has 0 saturated carbocycles. The van der Waals surface area contributed by atoms with Gasteiger partial charge in [-0.3, -0.25) is 10.1 Å². The Morgan fingerprint density at radius 2 is 1.92 bits per heavy atom. The van der Waals surface area contributed by atoms with E-state index < -0.39 is 6.10 Å². The largest absolute Gasteiger partial charge is 0.497 e. The number of rotatable bonds is 7. The van der Waals surface area contributed by atoms with E-state index >= 15 is 0 Å². The van der Waals surface area contributed by atoms with E-state index in [4.69, 9.17) is 4.74 Å². The van der Waals surface area contributed by atoms with E-state index in [1.807, 2.05) is 36.4 Å². The number of hydrogen-bond acceptors (Lipinski definition) is 5. The van der Waals surface area contributed by atoms with Crippen LogP contribution in [0.25, 0.3) is 11.3 Å². The molecule has 0 bridgehead atoms. The molecule has 6 heteroatoms. The number of ether oxygens (including phenoxy) is 1. The number of aromatic nitrogens is 3. The second-order valence-corrected chi connectivity index (χ2v) is 5.43. The van der Waals surface area contributed by atoms with Crippen LogP contribution in [0, 0.1) is 0 Å². The Hall–Kier alpha value is -2.70. The summed E-state index contributed by atoms with van der Waals surface area (Å²) >= 11 is 0. The van der Waals surface area contributed by atoms with Crippen molar-refractivity contribution in [3.63, 3.8) is 0 Å². The van der Waals surface area contributed by atoms with Crippen molar-refractivity contribution in [2.75, 3.05) is 13.7 Å². The van der Waals surface area contributed by atoms with Crippen molar-refractivity contribution in [3.8, 4) is 17.0 Å². The molecule has 1 unspecified atom stereocenters. The standard InChI is InChI=1S/C18H20N4O2/c1-24-16-4-2-14(3-5-16)18-15(11-21-22-18)10-20-12-17(23)13-6-8-19-9-7-13/h2-9,11,17,20,23H,10,12H2,1H3,(H,21,22). The smallest absolute Gasteiger partial charge is 0.118 e. The van der Waals surface area contributed by atoms with Gasteiger partial charge in [-0.25, -0.2) is 0 Å². The van der Waals surface area contributed by atoms with Gasteiger partial charge in [0.25, 0.3) is 0 Å². The molecular weight excluding hydrogens is 304 g/mol. The van der Waals surface area contributed by atoms with E-state index in [2.05, 4.69) is 20.5 Å². The number of nitrogens with zero attached hydrogens (tertiary/aromatic N) is 2. The molecule has 3 aromatic rings. The fourth-order valence-electron chi connectivity index (χ4n) is 2.50. The third kappa shape index (κ3) is 3.79. The molecule has 3 rings (SSSR count). The summed E-state index contributed by atoms with van der Waals surface area (Å²) in [5, 5.41) is 20.6. The van der Waals surface area contributed by atoms with Crippen molar-refractivity contribution < 1.29 is 9.84 Å². The Kier molecular flexibility index (Phi) is 5.20. The quantitative estimate of drug-likeness (QED) is 0.621. The highest BCUT2D eigenvalue weighted by Gasteiger charge is 2.10. The molecule has 0 aliphatic rings. The lowest BCUT2D eigenvalue weighted by molar-refractivity contribution is 0.174. The van der Waals surface area contributed by atoms with Crippen LogP contribution in [0.4, 0.5) is 0 Å². The van der Waals surface area contributed by atoms with Crippen LogP contribution in [-0.2, 0) is 6.54 Å². The molecule has 124 valence electrons. The molecule has 0 aliphatic heterocycles.